The summed E-state index contributed by atoms with van der Waals surface area (Å²) in [6.07, 6.45) is 0. The Hall–Kier alpha value is -1.40. The van der Waals surface area contributed by atoms with Gasteiger partial charge in [0.25, 0.3) is 0 Å². The molecule has 0 spiro atoms. The van der Waals surface area contributed by atoms with E-state index in [1.807, 2.05) is 13.8 Å². The van der Waals surface area contributed by atoms with Crippen molar-refractivity contribution >= 4 is 21.1 Å². The quantitative estimate of drug-likeness (QED) is 0.863. The van der Waals surface area contributed by atoms with E-state index in [-0.39, 0.29) is 10.8 Å². The predicted molar refractivity (Wildman–Crippen MR) is 59.5 cm³/mol. The van der Waals surface area contributed by atoms with Crippen LogP contribution < -0.4 is 5.14 Å². The van der Waals surface area contributed by atoms with Gasteiger partial charge in [0.05, 0.1) is 4.90 Å². The lowest BCUT2D eigenvalue weighted by atomic mass is 10.2. The van der Waals surface area contributed by atoms with E-state index in [9.17, 15) is 8.42 Å². The van der Waals surface area contributed by atoms with Crippen LogP contribution in [0.1, 0.15) is 25.7 Å². The summed E-state index contributed by atoms with van der Waals surface area (Å²) in [6, 6.07) is 4.39. The third-order valence-electron chi connectivity index (χ3n) is 2.20. The second-order valence-corrected chi connectivity index (χ2v) is 5.44. The first-order valence-corrected chi connectivity index (χ1v) is 6.36. The maximum absolute atomic E-state index is 11.1. The van der Waals surface area contributed by atoms with E-state index in [1.165, 1.54) is 12.1 Å². The standard InChI is InChI=1S/C10H12N2O3S/c1-6(2)10-12-8-5-7(16(11,13)14)3-4-9(8)15-10/h3-6H,1-2H3,(H2,11,13,14). The molecule has 0 amide bonds. The molecular weight excluding hydrogens is 228 g/mol. The van der Waals surface area contributed by atoms with E-state index in [4.69, 9.17) is 9.56 Å². The van der Waals surface area contributed by atoms with Crippen molar-refractivity contribution in [3.05, 3.63) is 24.1 Å². The van der Waals surface area contributed by atoms with E-state index in [2.05, 4.69) is 4.98 Å². The topological polar surface area (TPSA) is 86.2 Å². The lowest BCUT2D eigenvalue weighted by Gasteiger charge is -1.95. The summed E-state index contributed by atoms with van der Waals surface area (Å²) in [5.41, 5.74) is 1.08. The molecule has 1 aromatic carbocycles. The molecular formula is C10H12N2O3S. The van der Waals surface area contributed by atoms with Crippen molar-refractivity contribution in [1.29, 1.82) is 0 Å². The molecule has 0 aliphatic carbocycles. The Bertz CT molecular complexity index is 629. The first-order chi connectivity index (χ1) is 7.38. The fraction of sp³-hybridized carbons (Fsp3) is 0.300. The molecule has 6 heteroatoms. The van der Waals surface area contributed by atoms with Crippen molar-refractivity contribution in [3.8, 4) is 0 Å². The van der Waals surface area contributed by atoms with Gasteiger partial charge in [-0.3, -0.25) is 0 Å². The van der Waals surface area contributed by atoms with Gasteiger partial charge in [-0.05, 0) is 18.2 Å². The van der Waals surface area contributed by atoms with Crippen molar-refractivity contribution < 1.29 is 12.8 Å². The third kappa shape index (κ3) is 1.94. The van der Waals surface area contributed by atoms with Crippen LogP contribution in [-0.4, -0.2) is 13.4 Å². The van der Waals surface area contributed by atoms with Gasteiger partial charge in [0.15, 0.2) is 11.5 Å². The number of aromatic nitrogens is 1. The average molecular weight is 240 g/mol. The first-order valence-electron chi connectivity index (χ1n) is 4.81. The molecule has 2 rings (SSSR count). The molecule has 0 aliphatic heterocycles. The van der Waals surface area contributed by atoms with E-state index in [1.54, 1.807) is 6.07 Å². The Morgan fingerprint density at radius 3 is 2.62 bits per heavy atom. The van der Waals surface area contributed by atoms with Crippen molar-refractivity contribution in [2.45, 2.75) is 24.7 Å². The maximum atomic E-state index is 11.1. The lowest BCUT2D eigenvalue weighted by Crippen LogP contribution is -2.11. The Morgan fingerprint density at radius 2 is 2.06 bits per heavy atom. The molecule has 0 radical (unpaired) electrons. The molecule has 1 heterocycles. The molecule has 0 bridgehead atoms. The number of rotatable bonds is 2. The van der Waals surface area contributed by atoms with Gasteiger partial charge < -0.3 is 4.42 Å². The number of oxazole rings is 1. The van der Waals surface area contributed by atoms with Crippen LogP contribution in [0.15, 0.2) is 27.5 Å². The summed E-state index contributed by atoms with van der Waals surface area (Å²) >= 11 is 0. The molecule has 0 saturated heterocycles. The Labute approximate surface area is 93.3 Å². The highest BCUT2D eigenvalue weighted by Crippen LogP contribution is 2.22. The van der Waals surface area contributed by atoms with Crippen molar-refractivity contribution in [2.75, 3.05) is 0 Å². The van der Waals surface area contributed by atoms with Gasteiger partial charge >= 0.3 is 0 Å². The zero-order valence-electron chi connectivity index (χ0n) is 8.97. The van der Waals surface area contributed by atoms with Gasteiger partial charge in [-0.1, -0.05) is 13.8 Å². The largest absolute Gasteiger partial charge is 0.440 e. The molecule has 0 unspecified atom stereocenters. The second kappa shape index (κ2) is 3.57. The molecule has 0 fully saturated rings. The van der Waals surface area contributed by atoms with Crippen LogP contribution >= 0.6 is 0 Å². The minimum absolute atomic E-state index is 0.0450. The highest BCUT2D eigenvalue weighted by Gasteiger charge is 2.13. The zero-order chi connectivity index (χ0) is 11.9. The number of hydrogen-bond acceptors (Lipinski definition) is 4. The Kier molecular flexibility index (Phi) is 2.47. The fourth-order valence-corrected chi connectivity index (χ4v) is 1.88. The molecule has 16 heavy (non-hydrogen) atoms. The summed E-state index contributed by atoms with van der Waals surface area (Å²) in [5.74, 6) is 0.743. The highest BCUT2D eigenvalue weighted by atomic mass is 32.2. The minimum Gasteiger partial charge on any atom is -0.440 e. The van der Waals surface area contributed by atoms with Gasteiger partial charge in [0.2, 0.25) is 10.0 Å². The van der Waals surface area contributed by atoms with Crippen LogP contribution in [0.2, 0.25) is 0 Å². The second-order valence-electron chi connectivity index (χ2n) is 3.88. The van der Waals surface area contributed by atoms with Gasteiger partial charge in [0.1, 0.15) is 5.52 Å². The normalized spacial score (nSPS) is 12.5. The fourth-order valence-electron chi connectivity index (χ4n) is 1.35. The number of fused-ring (bicyclic) bond motifs is 1. The number of nitrogens with two attached hydrogens (primary N) is 1. The van der Waals surface area contributed by atoms with Gasteiger partial charge in [-0.25, -0.2) is 18.5 Å². The van der Waals surface area contributed by atoms with E-state index >= 15 is 0 Å². The van der Waals surface area contributed by atoms with Crippen LogP contribution in [0.3, 0.4) is 0 Å². The van der Waals surface area contributed by atoms with Gasteiger partial charge in [-0.15, -0.1) is 0 Å². The maximum Gasteiger partial charge on any atom is 0.238 e. The predicted octanol–water partition coefficient (Wildman–Crippen LogP) is 1.60. The molecule has 0 saturated carbocycles. The highest BCUT2D eigenvalue weighted by molar-refractivity contribution is 7.89. The molecule has 86 valence electrons. The third-order valence-corrected chi connectivity index (χ3v) is 3.11. The SMILES string of the molecule is CC(C)c1nc2cc(S(N)(=O)=O)ccc2o1. The van der Waals surface area contributed by atoms with Gasteiger partial charge in [-0.2, -0.15) is 0 Å². The molecule has 5 nitrogen and oxygen atoms in total. The van der Waals surface area contributed by atoms with Crippen LogP contribution in [0.25, 0.3) is 11.1 Å². The molecule has 0 aliphatic rings. The summed E-state index contributed by atoms with van der Waals surface area (Å²) in [6.45, 7) is 3.90. The molecule has 2 aromatic rings. The van der Waals surface area contributed by atoms with Gasteiger partial charge in [0, 0.05) is 5.92 Å². The van der Waals surface area contributed by atoms with E-state index < -0.39 is 10.0 Å². The van der Waals surface area contributed by atoms with Crippen molar-refractivity contribution in [1.82, 2.24) is 4.98 Å². The number of benzene rings is 1. The number of nitrogens with zero attached hydrogens (tertiary/aromatic N) is 1. The summed E-state index contributed by atoms with van der Waals surface area (Å²) in [7, 11) is -3.69. The summed E-state index contributed by atoms with van der Waals surface area (Å²) in [5, 5.41) is 5.03. The molecule has 1 aromatic heterocycles. The smallest absolute Gasteiger partial charge is 0.238 e. The van der Waals surface area contributed by atoms with Crippen LogP contribution in [0.4, 0.5) is 0 Å². The molecule has 0 atom stereocenters. The van der Waals surface area contributed by atoms with Crippen LogP contribution in [0, 0.1) is 0 Å². The molecule has 2 N–H and O–H groups in total. The Morgan fingerprint density at radius 1 is 1.38 bits per heavy atom. The number of primary sulfonamides is 1. The van der Waals surface area contributed by atoms with Crippen molar-refractivity contribution in [2.24, 2.45) is 5.14 Å². The van der Waals surface area contributed by atoms with E-state index in [0.717, 1.165) is 0 Å². The summed E-state index contributed by atoms with van der Waals surface area (Å²) < 4.78 is 27.7. The number of hydrogen-bond donors (Lipinski definition) is 1. The summed E-state index contributed by atoms with van der Waals surface area (Å²) in [4.78, 5) is 4.24. The van der Waals surface area contributed by atoms with E-state index in [0.29, 0.717) is 17.0 Å². The van der Waals surface area contributed by atoms with Crippen LogP contribution in [-0.2, 0) is 10.0 Å². The number of sulfonamides is 1. The Balaban J connectivity index is 2.63. The monoisotopic (exact) mass is 240 g/mol. The lowest BCUT2D eigenvalue weighted by molar-refractivity contribution is 0.501. The minimum atomic E-state index is -3.69. The zero-order valence-corrected chi connectivity index (χ0v) is 9.78. The van der Waals surface area contributed by atoms with Crippen molar-refractivity contribution in [3.63, 3.8) is 0 Å². The van der Waals surface area contributed by atoms with Crippen LogP contribution in [0.5, 0.6) is 0 Å². The average Bonchev–Trinajstić information content (AvgIpc) is 2.58. The first kappa shape index (κ1) is 11.1.